The van der Waals surface area contributed by atoms with E-state index in [1.165, 1.54) is 0 Å². The average Bonchev–Trinajstić information content (AvgIpc) is 2.73. The van der Waals surface area contributed by atoms with E-state index in [0.29, 0.717) is 12.2 Å². The zero-order valence-corrected chi connectivity index (χ0v) is 15.1. The van der Waals surface area contributed by atoms with Gasteiger partial charge in [0.25, 0.3) is 0 Å². The van der Waals surface area contributed by atoms with Gasteiger partial charge in [-0.2, -0.15) is 10.4 Å². The number of rotatable bonds is 5. The molecule has 2 heterocycles. The quantitative estimate of drug-likeness (QED) is 0.843. The third-order valence-electron chi connectivity index (χ3n) is 4.33. The summed E-state index contributed by atoms with van der Waals surface area (Å²) >= 11 is 0. The Bertz CT molecular complexity index is 795. The zero-order chi connectivity index (χ0) is 18.0. The van der Waals surface area contributed by atoms with Crippen LogP contribution in [0.1, 0.15) is 47.0 Å². The van der Waals surface area contributed by atoms with Crippen molar-refractivity contribution in [2.45, 2.75) is 47.0 Å². The fraction of sp³-hybridized carbons (Fsp3) is 0.500. The molecule has 24 heavy (non-hydrogen) atoms. The van der Waals surface area contributed by atoms with E-state index >= 15 is 0 Å². The van der Waals surface area contributed by atoms with Crippen molar-refractivity contribution in [3.8, 4) is 6.07 Å². The van der Waals surface area contributed by atoms with E-state index in [0.717, 1.165) is 28.3 Å². The highest BCUT2D eigenvalue weighted by atomic mass is 16.1. The molecule has 0 fully saturated rings. The molecule has 2 atom stereocenters. The van der Waals surface area contributed by atoms with Gasteiger partial charge in [0.15, 0.2) is 17.5 Å². The van der Waals surface area contributed by atoms with E-state index in [1.807, 2.05) is 52.4 Å². The van der Waals surface area contributed by atoms with Gasteiger partial charge in [-0.15, -0.1) is 0 Å². The lowest BCUT2D eigenvalue weighted by Gasteiger charge is -2.15. The van der Waals surface area contributed by atoms with Gasteiger partial charge in [-0.25, -0.2) is 9.97 Å². The first-order valence-electron chi connectivity index (χ1n) is 7.99. The molecular formula is C18H23N5O. The number of hydrogen-bond acceptors (Lipinski definition) is 5. The Balaban J connectivity index is 2.26. The summed E-state index contributed by atoms with van der Waals surface area (Å²) in [5.41, 5.74) is 4.56. The fourth-order valence-electron chi connectivity index (χ4n) is 2.94. The molecule has 2 aromatic rings. The smallest absolute Gasteiger partial charge is 0.164 e. The van der Waals surface area contributed by atoms with Gasteiger partial charge in [0, 0.05) is 30.0 Å². The van der Waals surface area contributed by atoms with Crippen molar-refractivity contribution >= 4 is 5.78 Å². The van der Waals surface area contributed by atoms with Crippen molar-refractivity contribution in [2.75, 3.05) is 0 Å². The largest absolute Gasteiger partial charge is 0.297 e. The van der Waals surface area contributed by atoms with Crippen LogP contribution in [-0.4, -0.2) is 25.5 Å². The number of aryl methyl sites for hydroxylation is 4. The molecule has 0 bridgehead atoms. The second-order valence-corrected chi connectivity index (χ2v) is 6.35. The maximum Gasteiger partial charge on any atom is 0.164 e. The molecule has 0 amide bonds. The van der Waals surface area contributed by atoms with Gasteiger partial charge in [0.1, 0.15) is 0 Å². The molecule has 0 radical (unpaired) electrons. The number of carbonyl (C=O) groups is 1. The number of aromatic nitrogens is 4. The van der Waals surface area contributed by atoms with E-state index in [9.17, 15) is 10.1 Å². The summed E-state index contributed by atoms with van der Waals surface area (Å²) in [7, 11) is 1.89. The van der Waals surface area contributed by atoms with E-state index in [2.05, 4.69) is 21.1 Å². The van der Waals surface area contributed by atoms with Crippen molar-refractivity contribution in [3.05, 3.63) is 40.2 Å². The first kappa shape index (κ1) is 17.8. The van der Waals surface area contributed by atoms with Crippen LogP contribution < -0.4 is 0 Å². The second-order valence-electron chi connectivity index (χ2n) is 6.35. The first-order chi connectivity index (χ1) is 11.2. The number of nitrogens with zero attached hydrogens (tertiary/aromatic N) is 5. The summed E-state index contributed by atoms with van der Waals surface area (Å²) < 4.78 is 1.82. The van der Waals surface area contributed by atoms with Gasteiger partial charge < -0.3 is 0 Å². The number of Topliss-reactive ketones (excluding diaryl/α,β-unsaturated/α-hetero) is 1. The maximum absolute atomic E-state index is 12.8. The molecule has 2 aromatic heterocycles. The Morgan fingerprint density at radius 1 is 1.25 bits per heavy atom. The van der Waals surface area contributed by atoms with Gasteiger partial charge in [-0.3, -0.25) is 9.48 Å². The van der Waals surface area contributed by atoms with Gasteiger partial charge >= 0.3 is 0 Å². The Morgan fingerprint density at radius 2 is 1.83 bits per heavy atom. The molecule has 0 saturated heterocycles. The lowest BCUT2D eigenvalue weighted by atomic mass is 9.88. The minimum Gasteiger partial charge on any atom is -0.297 e. The first-order valence-corrected chi connectivity index (χ1v) is 7.99. The summed E-state index contributed by atoms with van der Waals surface area (Å²) in [5.74, 6) is -1.09. The topological polar surface area (TPSA) is 84.5 Å². The van der Waals surface area contributed by atoms with Crippen LogP contribution >= 0.6 is 0 Å². The Morgan fingerprint density at radius 3 is 2.29 bits per heavy atom. The van der Waals surface area contributed by atoms with Crippen molar-refractivity contribution in [3.63, 3.8) is 0 Å². The number of ketones is 1. The van der Waals surface area contributed by atoms with E-state index in [1.54, 1.807) is 0 Å². The van der Waals surface area contributed by atoms with E-state index < -0.39 is 5.92 Å². The van der Waals surface area contributed by atoms with Gasteiger partial charge in [0.05, 0.1) is 11.8 Å². The molecule has 0 N–H and O–H groups in total. The van der Waals surface area contributed by atoms with E-state index in [4.69, 9.17) is 0 Å². The molecule has 2 rings (SSSR count). The summed E-state index contributed by atoms with van der Waals surface area (Å²) in [5, 5.41) is 13.9. The predicted octanol–water partition coefficient (Wildman–Crippen LogP) is 2.50. The zero-order valence-electron chi connectivity index (χ0n) is 15.1. The molecule has 0 saturated carbocycles. The predicted molar refractivity (Wildman–Crippen MR) is 90.4 cm³/mol. The van der Waals surface area contributed by atoms with Crippen LogP contribution in [0.3, 0.4) is 0 Å². The minimum absolute atomic E-state index is 0.148. The number of carbonyl (C=O) groups excluding carboxylic acids is 1. The van der Waals surface area contributed by atoms with Crippen LogP contribution in [0.15, 0.2) is 6.07 Å². The van der Waals surface area contributed by atoms with Crippen molar-refractivity contribution in [1.82, 2.24) is 19.7 Å². The Hall–Kier alpha value is -2.55. The highest BCUT2D eigenvalue weighted by Crippen LogP contribution is 2.23. The summed E-state index contributed by atoms with van der Waals surface area (Å²) in [6, 6.07) is 3.91. The molecular weight excluding hydrogens is 302 g/mol. The minimum atomic E-state index is -0.934. The lowest BCUT2D eigenvalue weighted by Crippen LogP contribution is -2.23. The van der Waals surface area contributed by atoms with Crippen molar-refractivity contribution in [2.24, 2.45) is 13.0 Å². The van der Waals surface area contributed by atoms with Gasteiger partial charge in [-0.05, 0) is 45.7 Å². The van der Waals surface area contributed by atoms with Crippen LogP contribution in [-0.2, 0) is 18.3 Å². The normalized spacial score (nSPS) is 13.4. The molecule has 0 aromatic carbocycles. The van der Waals surface area contributed by atoms with Gasteiger partial charge in [-0.1, -0.05) is 6.92 Å². The highest BCUT2D eigenvalue weighted by Gasteiger charge is 2.29. The highest BCUT2D eigenvalue weighted by molar-refractivity contribution is 5.89. The second kappa shape index (κ2) is 6.91. The maximum atomic E-state index is 12.8. The molecule has 0 aliphatic heterocycles. The standard InChI is InChI=1S/C18H23N5O/c1-10(7-15-13(4)22-23(6)14(15)5)17(24)16(9-19)18-20-11(2)8-12(3)21-18/h8,10,16H,7H2,1-6H3/t10-,16-/m0/s1. The van der Waals surface area contributed by atoms with E-state index in [-0.39, 0.29) is 11.7 Å². The molecule has 6 nitrogen and oxygen atoms in total. The fourth-order valence-corrected chi connectivity index (χ4v) is 2.94. The number of hydrogen-bond donors (Lipinski definition) is 0. The van der Waals surface area contributed by atoms with Crippen LogP contribution in [0.5, 0.6) is 0 Å². The molecule has 6 heteroatoms. The van der Waals surface area contributed by atoms with Crippen LogP contribution in [0.2, 0.25) is 0 Å². The van der Waals surface area contributed by atoms with Crippen LogP contribution in [0.4, 0.5) is 0 Å². The lowest BCUT2D eigenvalue weighted by molar-refractivity contribution is -0.122. The Kier molecular flexibility index (Phi) is 5.13. The number of nitriles is 1. The third kappa shape index (κ3) is 3.51. The Labute approximate surface area is 142 Å². The monoisotopic (exact) mass is 325 g/mol. The molecule has 126 valence electrons. The van der Waals surface area contributed by atoms with Crippen LogP contribution in [0.25, 0.3) is 0 Å². The average molecular weight is 325 g/mol. The summed E-state index contributed by atoms with van der Waals surface area (Å²) in [6.45, 7) is 9.45. The third-order valence-corrected chi connectivity index (χ3v) is 4.33. The van der Waals surface area contributed by atoms with Gasteiger partial charge in [0.2, 0.25) is 0 Å². The molecule has 0 spiro atoms. The van der Waals surface area contributed by atoms with Crippen LogP contribution in [0, 0.1) is 44.9 Å². The summed E-state index contributed by atoms with van der Waals surface area (Å²) in [4.78, 5) is 21.4. The SMILES string of the molecule is Cc1cc(C)nc([C@@H](C#N)C(=O)[C@@H](C)Cc2c(C)nn(C)c2C)n1. The molecule has 0 unspecified atom stereocenters. The molecule has 0 aliphatic carbocycles. The van der Waals surface area contributed by atoms with Crippen molar-refractivity contribution in [1.29, 1.82) is 5.26 Å². The molecule has 0 aliphatic rings. The van der Waals surface area contributed by atoms with Crippen molar-refractivity contribution < 1.29 is 4.79 Å². The summed E-state index contributed by atoms with van der Waals surface area (Å²) in [6.07, 6.45) is 0.563.